The van der Waals surface area contributed by atoms with Gasteiger partial charge in [-0.25, -0.2) is 0 Å². The summed E-state index contributed by atoms with van der Waals surface area (Å²) in [6, 6.07) is 0. The normalized spacial score (nSPS) is 34.7. The Morgan fingerprint density at radius 3 is 2.33 bits per heavy atom. The molecule has 1 fully saturated rings. The molecule has 1 aliphatic carbocycles. The number of carbonyl (C=O) groups excluding carboxylic acids is 1. The van der Waals surface area contributed by atoms with E-state index in [1.54, 1.807) is 0 Å². The van der Waals surface area contributed by atoms with Gasteiger partial charge in [-0.15, -0.1) is 0 Å². The van der Waals surface area contributed by atoms with Gasteiger partial charge in [-0.1, -0.05) is 34.1 Å². The van der Waals surface area contributed by atoms with Gasteiger partial charge >= 0.3 is 0 Å². The molecule has 0 aliphatic heterocycles. The quantitative estimate of drug-likeness (QED) is 0.778. The van der Waals surface area contributed by atoms with E-state index in [0.717, 1.165) is 12.8 Å². The highest BCUT2D eigenvalue weighted by Crippen LogP contribution is 2.57. The summed E-state index contributed by atoms with van der Waals surface area (Å²) in [7, 11) is 0. The highest BCUT2D eigenvalue weighted by atomic mass is 16.3. The van der Waals surface area contributed by atoms with E-state index >= 15 is 0 Å². The van der Waals surface area contributed by atoms with Crippen LogP contribution < -0.4 is 0 Å². The number of carbonyl (C=O) groups is 1. The molecule has 0 bridgehead atoms. The van der Waals surface area contributed by atoms with Crippen LogP contribution in [0.4, 0.5) is 0 Å². The first kappa shape index (κ1) is 12.7. The van der Waals surface area contributed by atoms with Crippen LogP contribution in [0.25, 0.3) is 0 Å². The van der Waals surface area contributed by atoms with Crippen molar-refractivity contribution in [3.05, 3.63) is 0 Å². The lowest BCUT2D eigenvalue weighted by Crippen LogP contribution is -2.40. The summed E-state index contributed by atoms with van der Waals surface area (Å²) in [5.41, 5.74) is -0.237. The smallest absolute Gasteiger partial charge is 0.139 e. The molecule has 2 heteroatoms. The fourth-order valence-electron chi connectivity index (χ4n) is 3.23. The van der Waals surface area contributed by atoms with Gasteiger partial charge in [0.1, 0.15) is 5.78 Å². The lowest BCUT2D eigenvalue weighted by atomic mass is 9.61. The molecular weight excluding hydrogens is 188 g/mol. The summed E-state index contributed by atoms with van der Waals surface area (Å²) in [6.45, 7) is 8.78. The third-order valence-electron chi connectivity index (χ3n) is 4.71. The minimum Gasteiger partial charge on any atom is -0.396 e. The van der Waals surface area contributed by atoms with Crippen LogP contribution in [0.2, 0.25) is 0 Å². The van der Waals surface area contributed by atoms with Gasteiger partial charge in [0.15, 0.2) is 0 Å². The number of aliphatic hydroxyl groups is 1. The van der Waals surface area contributed by atoms with Crippen LogP contribution in [-0.4, -0.2) is 17.5 Å². The first-order valence-electron chi connectivity index (χ1n) is 6.06. The van der Waals surface area contributed by atoms with Crippen LogP contribution in [0.1, 0.15) is 53.4 Å². The molecule has 15 heavy (non-hydrogen) atoms. The highest BCUT2D eigenvalue weighted by Gasteiger charge is 2.57. The van der Waals surface area contributed by atoms with E-state index in [9.17, 15) is 9.90 Å². The number of Topliss-reactive ketones (excluding diaryl/α,β-unsaturated/α-hetero) is 1. The van der Waals surface area contributed by atoms with Crippen LogP contribution in [0, 0.1) is 16.7 Å². The Morgan fingerprint density at radius 2 is 2.00 bits per heavy atom. The van der Waals surface area contributed by atoms with Gasteiger partial charge in [0.25, 0.3) is 0 Å². The maximum Gasteiger partial charge on any atom is 0.139 e. The molecular formula is C13H24O2. The van der Waals surface area contributed by atoms with Crippen LogP contribution in [0.3, 0.4) is 0 Å². The lowest BCUT2D eigenvalue weighted by molar-refractivity contribution is -0.131. The predicted molar refractivity (Wildman–Crippen MR) is 61.6 cm³/mol. The molecule has 1 saturated carbocycles. The van der Waals surface area contributed by atoms with E-state index in [-0.39, 0.29) is 17.4 Å². The van der Waals surface area contributed by atoms with Crippen LogP contribution >= 0.6 is 0 Å². The molecule has 2 unspecified atom stereocenters. The van der Waals surface area contributed by atoms with Gasteiger partial charge in [0.2, 0.25) is 0 Å². The van der Waals surface area contributed by atoms with Crippen LogP contribution in [0.15, 0.2) is 0 Å². The van der Waals surface area contributed by atoms with Crippen molar-refractivity contribution >= 4 is 5.78 Å². The number of hydrogen-bond acceptors (Lipinski definition) is 2. The molecule has 0 saturated heterocycles. The van der Waals surface area contributed by atoms with Crippen molar-refractivity contribution in [2.75, 3.05) is 6.61 Å². The summed E-state index contributed by atoms with van der Waals surface area (Å²) >= 11 is 0. The molecule has 0 amide bonds. The van der Waals surface area contributed by atoms with E-state index in [1.807, 2.05) is 0 Å². The Bertz CT molecular complexity index is 237. The Morgan fingerprint density at radius 1 is 1.40 bits per heavy atom. The number of aliphatic hydroxyl groups excluding tert-OH is 1. The zero-order valence-electron chi connectivity index (χ0n) is 10.5. The van der Waals surface area contributed by atoms with Gasteiger partial charge in [0, 0.05) is 18.4 Å². The SMILES string of the molecule is CCCC1(CCO)C(=O)CC(C)C1(C)C. The standard InChI is InChI=1S/C13H24O2/c1-5-6-13(7-8-14)11(15)9-10(2)12(13,3)4/h10,14H,5-9H2,1-4H3. The van der Waals surface area contributed by atoms with Gasteiger partial charge in [-0.05, 0) is 24.2 Å². The van der Waals surface area contributed by atoms with Crippen molar-refractivity contribution in [3.8, 4) is 0 Å². The highest BCUT2D eigenvalue weighted by molar-refractivity contribution is 5.88. The molecule has 0 aromatic carbocycles. The monoisotopic (exact) mass is 212 g/mol. The van der Waals surface area contributed by atoms with Gasteiger partial charge in [-0.2, -0.15) is 0 Å². The van der Waals surface area contributed by atoms with Crippen molar-refractivity contribution in [2.24, 2.45) is 16.7 Å². The molecule has 2 atom stereocenters. The molecule has 2 nitrogen and oxygen atoms in total. The minimum atomic E-state index is -0.268. The van der Waals surface area contributed by atoms with Crippen LogP contribution in [0.5, 0.6) is 0 Å². The van der Waals surface area contributed by atoms with Crippen LogP contribution in [-0.2, 0) is 4.79 Å². The molecule has 0 heterocycles. The summed E-state index contributed by atoms with van der Waals surface area (Å²) < 4.78 is 0. The maximum atomic E-state index is 12.2. The fraction of sp³-hybridized carbons (Fsp3) is 0.923. The number of ketones is 1. The molecule has 88 valence electrons. The molecule has 0 spiro atoms. The van der Waals surface area contributed by atoms with Crippen molar-refractivity contribution in [2.45, 2.75) is 53.4 Å². The summed E-state index contributed by atoms with van der Waals surface area (Å²) in [5, 5.41) is 9.20. The predicted octanol–water partition coefficient (Wildman–Crippen LogP) is 2.79. The van der Waals surface area contributed by atoms with Gasteiger partial charge in [-0.3, -0.25) is 4.79 Å². The topological polar surface area (TPSA) is 37.3 Å². The molecule has 1 aliphatic rings. The van der Waals surface area contributed by atoms with E-state index in [1.165, 1.54) is 0 Å². The number of rotatable bonds is 4. The molecule has 1 N–H and O–H groups in total. The second-order valence-electron chi connectivity index (χ2n) is 5.56. The first-order chi connectivity index (χ1) is 6.92. The van der Waals surface area contributed by atoms with E-state index in [0.29, 0.717) is 24.5 Å². The van der Waals surface area contributed by atoms with E-state index in [2.05, 4.69) is 27.7 Å². The average molecular weight is 212 g/mol. The second-order valence-corrected chi connectivity index (χ2v) is 5.56. The van der Waals surface area contributed by atoms with Gasteiger partial charge in [0.05, 0.1) is 0 Å². The average Bonchev–Trinajstić information content (AvgIpc) is 2.29. The zero-order valence-corrected chi connectivity index (χ0v) is 10.5. The Labute approximate surface area is 93.1 Å². The van der Waals surface area contributed by atoms with Crippen molar-refractivity contribution in [1.82, 2.24) is 0 Å². The lowest BCUT2D eigenvalue weighted by Gasteiger charge is -2.42. The summed E-state index contributed by atoms with van der Waals surface area (Å²) in [5.74, 6) is 0.805. The van der Waals surface area contributed by atoms with Crippen molar-refractivity contribution in [1.29, 1.82) is 0 Å². The second kappa shape index (κ2) is 4.25. The molecule has 0 radical (unpaired) electrons. The molecule has 0 aromatic heterocycles. The Hall–Kier alpha value is -0.370. The van der Waals surface area contributed by atoms with E-state index in [4.69, 9.17) is 0 Å². The van der Waals surface area contributed by atoms with Crippen molar-refractivity contribution in [3.63, 3.8) is 0 Å². The first-order valence-corrected chi connectivity index (χ1v) is 6.06. The maximum absolute atomic E-state index is 12.2. The van der Waals surface area contributed by atoms with Gasteiger partial charge < -0.3 is 5.11 Å². The molecule has 1 rings (SSSR count). The zero-order chi connectivity index (χ0) is 11.7. The molecule has 0 aromatic rings. The summed E-state index contributed by atoms with van der Waals surface area (Å²) in [4.78, 5) is 12.2. The largest absolute Gasteiger partial charge is 0.396 e. The number of hydrogen-bond donors (Lipinski definition) is 1. The summed E-state index contributed by atoms with van der Waals surface area (Å²) in [6.07, 6.45) is 3.26. The third-order valence-corrected chi connectivity index (χ3v) is 4.71. The Kier molecular flexibility index (Phi) is 3.59. The third kappa shape index (κ3) is 1.73. The minimum absolute atomic E-state index is 0.0306. The van der Waals surface area contributed by atoms with Crippen molar-refractivity contribution < 1.29 is 9.90 Å². The fourth-order valence-corrected chi connectivity index (χ4v) is 3.23. The Balaban J connectivity index is 3.07. The van der Waals surface area contributed by atoms with E-state index < -0.39 is 0 Å².